The van der Waals surface area contributed by atoms with Crippen LogP contribution in [0.2, 0.25) is 0 Å². The molecule has 1 atom stereocenters. The Bertz CT molecular complexity index is 966. The highest BCUT2D eigenvalue weighted by Crippen LogP contribution is 2.44. The van der Waals surface area contributed by atoms with Gasteiger partial charge in [0.05, 0.1) is 0 Å². The van der Waals surface area contributed by atoms with Crippen molar-refractivity contribution in [2.45, 2.75) is 52.0 Å². The number of aliphatic carboxylic acids is 1. The van der Waals surface area contributed by atoms with Crippen molar-refractivity contribution in [2.24, 2.45) is 5.41 Å². The summed E-state index contributed by atoms with van der Waals surface area (Å²) in [6.07, 6.45) is 0.679. The van der Waals surface area contributed by atoms with E-state index in [1.807, 2.05) is 57.2 Å². The molecule has 176 valence electrons. The highest BCUT2D eigenvalue weighted by atomic mass is 16.5. The lowest BCUT2D eigenvalue weighted by Gasteiger charge is -2.18. The SMILES string of the molecule is CC(C)(C)C(=O)NCCCCC(NC(=O)OCC1c2ccccc2-c2ccccc21)C(=O)O. The number of hydrogen-bond donors (Lipinski definition) is 3. The summed E-state index contributed by atoms with van der Waals surface area (Å²) in [5.74, 6) is -1.24. The Morgan fingerprint density at radius 1 is 0.970 bits per heavy atom. The van der Waals surface area contributed by atoms with Gasteiger partial charge in [0.15, 0.2) is 0 Å². The fraction of sp³-hybridized carbons (Fsp3) is 0.423. The number of rotatable bonds is 9. The molecule has 1 aliphatic carbocycles. The van der Waals surface area contributed by atoms with Crippen molar-refractivity contribution in [3.63, 3.8) is 0 Å². The van der Waals surface area contributed by atoms with Crippen molar-refractivity contribution in [1.82, 2.24) is 10.6 Å². The van der Waals surface area contributed by atoms with E-state index in [1.165, 1.54) is 0 Å². The Kier molecular flexibility index (Phi) is 7.74. The Morgan fingerprint density at radius 2 is 1.55 bits per heavy atom. The van der Waals surface area contributed by atoms with Gasteiger partial charge in [-0.1, -0.05) is 69.3 Å². The molecule has 1 aliphatic rings. The van der Waals surface area contributed by atoms with Crippen LogP contribution in [-0.2, 0) is 14.3 Å². The van der Waals surface area contributed by atoms with Crippen LogP contribution in [0.4, 0.5) is 4.79 Å². The van der Waals surface area contributed by atoms with Gasteiger partial charge < -0.3 is 20.5 Å². The molecule has 0 aliphatic heterocycles. The van der Waals surface area contributed by atoms with E-state index < -0.39 is 23.5 Å². The maximum atomic E-state index is 12.4. The third-order valence-corrected chi connectivity index (χ3v) is 5.82. The molecule has 3 N–H and O–H groups in total. The van der Waals surface area contributed by atoms with Crippen LogP contribution in [0, 0.1) is 5.41 Å². The van der Waals surface area contributed by atoms with Gasteiger partial charge in [-0.15, -0.1) is 0 Å². The number of amides is 2. The molecule has 3 rings (SSSR count). The van der Waals surface area contributed by atoms with Crippen LogP contribution in [0.1, 0.15) is 57.1 Å². The monoisotopic (exact) mass is 452 g/mol. The number of alkyl carbamates (subject to hydrolysis) is 1. The van der Waals surface area contributed by atoms with E-state index in [0.29, 0.717) is 19.4 Å². The predicted molar refractivity (Wildman–Crippen MR) is 126 cm³/mol. The van der Waals surface area contributed by atoms with E-state index in [-0.39, 0.29) is 24.9 Å². The number of unbranched alkanes of at least 4 members (excludes halogenated alkanes) is 1. The molecule has 7 nitrogen and oxygen atoms in total. The van der Waals surface area contributed by atoms with Crippen molar-refractivity contribution in [3.05, 3.63) is 59.7 Å². The largest absolute Gasteiger partial charge is 0.480 e. The predicted octanol–water partition coefficient (Wildman–Crippen LogP) is 4.31. The molecular weight excluding hydrogens is 420 g/mol. The molecule has 33 heavy (non-hydrogen) atoms. The molecule has 0 heterocycles. The lowest BCUT2D eigenvalue weighted by atomic mass is 9.95. The topological polar surface area (TPSA) is 105 Å². The van der Waals surface area contributed by atoms with Gasteiger partial charge in [0.2, 0.25) is 5.91 Å². The summed E-state index contributed by atoms with van der Waals surface area (Å²) in [6.45, 7) is 6.10. The molecule has 2 aromatic rings. The van der Waals surface area contributed by atoms with Gasteiger partial charge in [-0.25, -0.2) is 9.59 Å². The normalized spacial score (nSPS) is 13.5. The van der Waals surface area contributed by atoms with Gasteiger partial charge in [-0.05, 0) is 41.5 Å². The number of hydrogen-bond acceptors (Lipinski definition) is 4. The van der Waals surface area contributed by atoms with Gasteiger partial charge in [0.25, 0.3) is 0 Å². The van der Waals surface area contributed by atoms with E-state index in [4.69, 9.17) is 4.74 Å². The molecule has 0 saturated heterocycles. The summed E-state index contributed by atoms with van der Waals surface area (Å²) in [7, 11) is 0. The summed E-state index contributed by atoms with van der Waals surface area (Å²) in [4.78, 5) is 35.8. The Morgan fingerprint density at radius 3 is 2.09 bits per heavy atom. The molecule has 0 bridgehead atoms. The first-order valence-electron chi connectivity index (χ1n) is 11.3. The fourth-order valence-corrected chi connectivity index (χ4v) is 3.98. The van der Waals surface area contributed by atoms with Crippen molar-refractivity contribution in [2.75, 3.05) is 13.2 Å². The third kappa shape index (κ3) is 6.12. The second kappa shape index (κ2) is 10.5. The number of nitrogens with one attached hydrogen (secondary N) is 2. The average Bonchev–Trinajstić information content (AvgIpc) is 3.09. The maximum Gasteiger partial charge on any atom is 0.407 e. The van der Waals surface area contributed by atoms with Gasteiger partial charge in [-0.3, -0.25) is 4.79 Å². The number of carboxylic acid groups (broad SMARTS) is 1. The second-order valence-electron chi connectivity index (χ2n) is 9.36. The molecule has 0 radical (unpaired) electrons. The highest BCUT2D eigenvalue weighted by molar-refractivity contribution is 5.82. The molecule has 0 fully saturated rings. The van der Waals surface area contributed by atoms with Crippen molar-refractivity contribution < 1.29 is 24.2 Å². The van der Waals surface area contributed by atoms with Gasteiger partial charge in [-0.2, -0.15) is 0 Å². The van der Waals surface area contributed by atoms with Crippen LogP contribution in [-0.4, -0.2) is 42.3 Å². The molecule has 0 saturated carbocycles. The molecule has 2 aromatic carbocycles. The van der Waals surface area contributed by atoms with E-state index in [0.717, 1.165) is 22.3 Å². The second-order valence-corrected chi connectivity index (χ2v) is 9.36. The lowest BCUT2D eigenvalue weighted by Crippen LogP contribution is -2.41. The number of carbonyl (C=O) groups is 3. The summed E-state index contributed by atoms with van der Waals surface area (Å²) in [6, 6.07) is 15.0. The molecule has 0 spiro atoms. The zero-order chi connectivity index (χ0) is 24.0. The van der Waals surface area contributed by atoms with Crippen LogP contribution < -0.4 is 10.6 Å². The molecule has 1 unspecified atom stereocenters. The maximum absolute atomic E-state index is 12.4. The molecule has 2 amide bonds. The highest BCUT2D eigenvalue weighted by Gasteiger charge is 2.29. The van der Waals surface area contributed by atoms with Crippen LogP contribution >= 0.6 is 0 Å². The summed E-state index contributed by atoms with van der Waals surface area (Å²) >= 11 is 0. The molecular formula is C26H32N2O5. The molecule has 0 aromatic heterocycles. The Balaban J connectivity index is 1.49. The minimum Gasteiger partial charge on any atom is -0.480 e. The van der Waals surface area contributed by atoms with Gasteiger partial charge >= 0.3 is 12.1 Å². The number of carboxylic acids is 1. The van der Waals surface area contributed by atoms with Crippen LogP contribution in [0.5, 0.6) is 0 Å². The first-order chi connectivity index (χ1) is 15.7. The number of fused-ring (bicyclic) bond motifs is 3. The minimum atomic E-state index is -1.11. The van der Waals surface area contributed by atoms with Crippen LogP contribution in [0.15, 0.2) is 48.5 Å². The zero-order valence-electron chi connectivity index (χ0n) is 19.4. The van der Waals surface area contributed by atoms with Gasteiger partial charge in [0, 0.05) is 17.9 Å². The smallest absolute Gasteiger partial charge is 0.407 e. The molecule has 7 heteroatoms. The Labute approximate surface area is 194 Å². The van der Waals surface area contributed by atoms with Crippen molar-refractivity contribution >= 4 is 18.0 Å². The zero-order valence-corrected chi connectivity index (χ0v) is 19.4. The fourth-order valence-electron chi connectivity index (χ4n) is 3.98. The van der Waals surface area contributed by atoms with E-state index in [1.54, 1.807) is 0 Å². The van der Waals surface area contributed by atoms with Crippen molar-refractivity contribution in [3.8, 4) is 11.1 Å². The van der Waals surface area contributed by atoms with Crippen molar-refractivity contribution in [1.29, 1.82) is 0 Å². The number of ether oxygens (including phenoxy) is 1. The van der Waals surface area contributed by atoms with E-state index in [2.05, 4.69) is 22.8 Å². The summed E-state index contributed by atoms with van der Waals surface area (Å²) in [5, 5.41) is 14.8. The lowest BCUT2D eigenvalue weighted by molar-refractivity contribution is -0.139. The first-order valence-corrected chi connectivity index (χ1v) is 11.3. The van der Waals surface area contributed by atoms with E-state index >= 15 is 0 Å². The number of carbonyl (C=O) groups excluding carboxylic acids is 2. The van der Waals surface area contributed by atoms with Crippen LogP contribution in [0.25, 0.3) is 11.1 Å². The summed E-state index contributed by atoms with van der Waals surface area (Å²) < 4.78 is 5.45. The Hall–Kier alpha value is -3.35. The third-order valence-electron chi connectivity index (χ3n) is 5.82. The van der Waals surface area contributed by atoms with Gasteiger partial charge in [0.1, 0.15) is 12.6 Å². The van der Waals surface area contributed by atoms with Crippen LogP contribution in [0.3, 0.4) is 0 Å². The standard InChI is InChI=1S/C26H32N2O5/c1-26(2,3)24(31)27-15-9-8-14-22(23(29)30)28-25(32)33-16-21-19-12-6-4-10-17(19)18-11-5-7-13-20(18)21/h4-7,10-13,21-22H,8-9,14-16H2,1-3H3,(H,27,31)(H,28,32)(H,29,30). The first kappa shape index (κ1) is 24.3. The number of benzene rings is 2. The average molecular weight is 453 g/mol. The quantitative estimate of drug-likeness (QED) is 0.492. The van der Waals surface area contributed by atoms with E-state index in [9.17, 15) is 19.5 Å². The minimum absolute atomic E-state index is 0.0472. The summed E-state index contributed by atoms with van der Waals surface area (Å²) in [5.41, 5.74) is 3.99.